The van der Waals surface area contributed by atoms with E-state index in [1.165, 1.54) is 18.9 Å². The number of fused-ring (bicyclic) bond motifs is 1. The number of aryl methyl sites for hydroxylation is 1. The summed E-state index contributed by atoms with van der Waals surface area (Å²) in [6.07, 6.45) is 1.56. The fourth-order valence-electron chi connectivity index (χ4n) is 1.90. The standard InChI is InChI=1S/C13H16N2O3S/c1-18-13(17)4-5-19-11-7-10-8(6-9(11)14)2-3-12(16)15-10/h6-7H,2-5,14H2,1H3,(H,15,16). The van der Waals surface area contributed by atoms with Gasteiger partial charge in [-0.1, -0.05) is 0 Å². The second-order valence-corrected chi connectivity index (χ2v) is 5.41. The van der Waals surface area contributed by atoms with E-state index in [-0.39, 0.29) is 11.9 Å². The number of esters is 1. The number of hydrogen-bond acceptors (Lipinski definition) is 5. The van der Waals surface area contributed by atoms with E-state index in [9.17, 15) is 9.59 Å². The summed E-state index contributed by atoms with van der Waals surface area (Å²) in [7, 11) is 1.37. The molecule has 0 aliphatic carbocycles. The van der Waals surface area contributed by atoms with Crippen LogP contribution in [-0.4, -0.2) is 24.7 Å². The molecule has 5 nitrogen and oxygen atoms in total. The molecule has 0 radical (unpaired) electrons. The predicted octanol–water partition coefficient (Wildman–Crippen LogP) is 1.81. The number of ether oxygens (including phenoxy) is 1. The van der Waals surface area contributed by atoms with Crippen LogP contribution in [0.4, 0.5) is 11.4 Å². The smallest absolute Gasteiger partial charge is 0.306 e. The van der Waals surface area contributed by atoms with Crippen LogP contribution >= 0.6 is 11.8 Å². The Balaban J connectivity index is 2.07. The van der Waals surface area contributed by atoms with Gasteiger partial charge in [0.1, 0.15) is 0 Å². The van der Waals surface area contributed by atoms with Gasteiger partial charge in [0.15, 0.2) is 0 Å². The van der Waals surface area contributed by atoms with Gasteiger partial charge in [-0.2, -0.15) is 0 Å². The summed E-state index contributed by atoms with van der Waals surface area (Å²) in [6, 6.07) is 3.78. The van der Waals surface area contributed by atoms with E-state index >= 15 is 0 Å². The highest BCUT2D eigenvalue weighted by Crippen LogP contribution is 2.33. The van der Waals surface area contributed by atoms with Crippen molar-refractivity contribution in [3.05, 3.63) is 17.7 Å². The molecule has 0 fully saturated rings. The molecule has 1 aliphatic rings. The Hall–Kier alpha value is -1.69. The third-order valence-corrected chi connectivity index (χ3v) is 4.00. The molecule has 102 valence electrons. The summed E-state index contributed by atoms with van der Waals surface area (Å²) in [5, 5.41) is 2.84. The summed E-state index contributed by atoms with van der Waals surface area (Å²) in [4.78, 5) is 23.3. The van der Waals surface area contributed by atoms with Gasteiger partial charge in [0, 0.05) is 28.4 Å². The molecular weight excluding hydrogens is 264 g/mol. The van der Waals surface area contributed by atoms with Gasteiger partial charge in [-0.3, -0.25) is 9.59 Å². The van der Waals surface area contributed by atoms with Gasteiger partial charge in [-0.25, -0.2) is 0 Å². The van der Waals surface area contributed by atoms with Gasteiger partial charge in [0.05, 0.1) is 13.5 Å². The minimum absolute atomic E-state index is 0.0304. The number of anilines is 2. The lowest BCUT2D eigenvalue weighted by atomic mass is 10.0. The molecule has 19 heavy (non-hydrogen) atoms. The number of methoxy groups -OCH3 is 1. The van der Waals surface area contributed by atoms with E-state index in [4.69, 9.17) is 5.73 Å². The Morgan fingerprint density at radius 3 is 3.00 bits per heavy atom. The number of nitrogens with two attached hydrogens (primary N) is 1. The molecule has 0 saturated carbocycles. The van der Waals surface area contributed by atoms with Crippen LogP contribution in [0.15, 0.2) is 17.0 Å². The molecule has 0 spiro atoms. The fourth-order valence-corrected chi connectivity index (χ4v) is 2.81. The zero-order chi connectivity index (χ0) is 13.8. The van der Waals surface area contributed by atoms with Crippen LogP contribution in [0.2, 0.25) is 0 Å². The second-order valence-electron chi connectivity index (χ2n) is 4.27. The number of carbonyl (C=O) groups excluding carboxylic acids is 2. The summed E-state index contributed by atoms with van der Waals surface area (Å²) < 4.78 is 4.58. The summed E-state index contributed by atoms with van der Waals surface area (Å²) in [5.41, 5.74) is 8.55. The molecule has 1 heterocycles. The molecule has 0 unspecified atom stereocenters. The van der Waals surface area contributed by atoms with Crippen molar-refractivity contribution in [2.45, 2.75) is 24.2 Å². The number of rotatable bonds is 4. The van der Waals surface area contributed by atoms with Gasteiger partial charge in [-0.05, 0) is 24.1 Å². The number of thioether (sulfide) groups is 1. The van der Waals surface area contributed by atoms with Gasteiger partial charge in [0.2, 0.25) is 5.91 Å². The van der Waals surface area contributed by atoms with Crippen molar-refractivity contribution in [1.29, 1.82) is 0 Å². The predicted molar refractivity (Wildman–Crippen MR) is 75.2 cm³/mol. The number of carbonyl (C=O) groups is 2. The second kappa shape index (κ2) is 5.97. The molecule has 6 heteroatoms. The number of benzene rings is 1. The first kappa shape index (κ1) is 13.7. The fraction of sp³-hybridized carbons (Fsp3) is 0.385. The average Bonchev–Trinajstić information content (AvgIpc) is 2.39. The van der Waals surface area contributed by atoms with Crippen LogP contribution < -0.4 is 11.1 Å². The molecule has 2 rings (SSSR count). The van der Waals surface area contributed by atoms with Crippen LogP contribution in [0.5, 0.6) is 0 Å². The Morgan fingerprint density at radius 1 is 1.47 bits per heavy atom. The molecule has 0 bridgehead atoms. The third-order valence-electron chi connectivity index (χ3n) is 2.92. The zero-order valence-corrected chi connectivity index (χ0v) is 11.5. The lowest BCUT2D eigenvalue weighted by Gasteiger charge is -2.19. The van der Waals surface area contributed by atoms with Gasteiger partial charge in [-0.15, -0.1) is 11.8 Å². The third kappa shape index (κ3) is 3.41. The highest BCUT2D eigenvalue weighted by molar-refractivity contribution is 7.99. The van der Waals surface area contributed by atoms with Crippen LogP contribution in [-0.2, 0) is 20.7 Å². The highest BCUT2D eigenvalue weighted by atomic mass is 32.2. The molecule has 0 aromatic heterocycles. The molecule has 0 saturated heterocycles. The lowest BCUT2D eigenvalue weighted by molar-refractivity contribution is -0.140. The number of amides is 1. The Bertz CT molecular complexity index is 517. The quantitative estimate of drug-likeness (QED) is 0.499. The monoisotopic (exact) mass is 280 g/mol. The van der Waals surface area contributed by atoms with Crippen LogP contribution in [0.3, 0.4) is 0 Å². The minimum Gasteiger partial charge on any atom is -0.469 e. The van der Waals surface area contributed by atoms with E-state index in [1.807, 2.05) is 12.1 Å². The SMILES string of the molecule is COC(=O)CCSc1cc2c(cc1N)CCC(=O)N2. The van der Waals surface area contributed by atoms with Crippen molar-refractivity contribution < 1.29 is 14.3 Å². The largest absolute Gasteiger partial charge is 0.469 e. The summed E-state index contributed by atoms with van der Waals surface area (Å²) in [6.45, 7) is 0. The molecule has 1 aromatic rings. The van der Waals surface area contributed by atoms with Crippen LogP contribution in [0.1, 0.15) is 18.4 Å². The first-order valence-electron chi connectivity index (χ1n) is 6.02. The number of hydrogen-bond donors (Lipinski definition) is 2. The molecule has 1 amide bonds. The Labute approximate surface area is 115 Å². The molecular formula is C13H16N2O3S. The maximum atomic E-state index is 11.4. The molecule has 0 atom stereocenters. The first-order valence-corrected chi connectivity index (χ1v) is 7.00. The van der Waals surface area contributed by atoms with E-state index in [1.54, 1.807) is 0 Å². The molecule has 3 N–H and O–H groups in total. The van der Waals surface area contributed by atoms with Crippen LogP contribution in [0.25, 0.3) is 0 Å². The van der Waals surface area contributed by atoms with Crippen molar-refractivity contribution in [3.63, 3.8) is 0 Å². The van der Waals surface area contributed by atoms with E-state index in [0.717, 1.165) is 22.6 Å². The minimum atomic E-state index is -0.239. The number of nitrogens with one attached hydrogen (secondary N) is 1. The van der Waals surface area contributed by atoms with E-state index < -0.39 is 0 Å². The van der Waals surface area contributed by atoms with Gasteiger partial charge in [0.25, 0.3) is 0 Å². The first-order chi connectivity index (χ1) is 9.10. The van der Waals surface area contributed by atoms with Gasteiger partial charge >= 0.3 is 5.97 Å². The van der Waals surface area contributed by atoms with Crippen molar-refractivity contribution >= 4 is 35.0 Å². The van der Waals surface area contributed by atoms with E-state index in [2.05, 4.69) is 10.1 Å². The topological polar surface area (TPSA) is 81.4 Å². The van der Waals surface area contributed by atoms with Gasteiger partial charge < -0.3 is 15.8 Å². The van der Waals surface area contributed by atoms with Crippen LogP contribution in [0, 0.1) is 0 Å². The van der Waals surface area contributed by atoms with Crippen molar-refractivity contribution in [3.8, 4) is 0 Å². The maximum Gasteiger partial charge on any atom is 0.306 e. The summed E-state index contributed by atoms with van der Waals surface area (Å²) in [5.74, 6) is 0.393. The Kier molecular flexibility index (Phi) is 4.31. The lowest BCUT2D eigenvalue weighted by Crippen LogP contribution is -2.19. The van der Waals surface area contributed by atoms with Crippen molar-refractivity contribution in [2.75, 3.05) is 23.9 Å². The zero-order valence-electron chi connectivity index (χ0n) is 10.7. The molecule has 1 aromatic carbocycles. The van der Waals surface area contributed by atoms with Crippen molar-refractivity contribution in [1.82, 2.24) is 0 Å². The van der Waals surface area contributed by atoms with E-state index in [0.29, 0.717) is 24.3 Å². The highest BCUT2D eigenvalue weighted by Gasteiger charge is 2.16. The molecule has 1 aliphatic heterocycles. The Morgan fingerprint density at radius 2 is 2.26 bits per heavy atom. The normalized spacial score (nSPS) is 13.6. The van der Waals surface area contributed by atoms with Crippen molar-refractivity contribution in [2.24, 2.45) is 0 Å². The average molecular weight is 280 g/mol. The summed E-state index contributed by atoms with van der Waals surface area (Å²) >= 11 is 1.49. The maximum absolute atomic E-state index is 11.4. The number of nitrogen functional groups attached to an aromatic ring is 1.